The molecule has 0 fully saturated rings. The summed E-state index contributed by atoms with van der Waals surface area (Å²) in [7, 11) is 0. The molecule has 1 unspecified atom stereocenters. The fourth-order valence-corrected chi connectivity index (χ4v) is 9.35. The molecule has 0 amide bonds. The van der Waals surface area contributed by atoms with Crippen molar-refractivity contribution < 1.29 is 0 Å². The van der Waals surface area contributed by atoms with Gasteiger partial charge in [-0.3, -0.25) is 0 Å². The van der Waals surface area contributed by atoms with Crippen molar-refractivity contribution in [2.24, 2.45) is 0 Å². The summed E-state index contributed by atoms with van der Waals surface area (Å²) in [5.41, 5.74) is 14.4. The highest BCUT2D eigenvalue weighted by Crippen LogP contribution is 2.55. The Hall–Kier alpha value is -5.24. The van der Waals surface area contributed by atoms with Crippen LogP contribution in [0.1, 0.15) is 51.4 Å². The number of hydrogen-bond donors (Lipinski definition) is 0. The van der Waals surface area contributed by atoms with Crippen molar-refractivity contribution in [2.45, 2.75) is 32.6 Å². The van der Waals surface area contributed by atoms with E-state index >= 15 is 0 Å². The molecule has 0 N–H and O–H groups in total. The van der Waals surface area contributed by atoms with Crippen LogP contribution in [0.5, 0.6) is 0 Å². The number of allylic oxidation sites excluding steroid dienone is 1. The first-order valence-electron chi connectivity index (χ1n) is 16.9. The number of thiophene rings is 1. The number of aryl methyl sites for hydroxylation is 2. The van der Waals surface area contributed by atoms with Gasteiger partial charge in [0.15, 0.2) is 0 Å². The van der Waals surface area contributed by atoms with Gasteiger partial charge in [-0.05, 0) is 106 Å². The minimum Gasteiger partial charge on any atom is -0.135 e. The molecule has 1 heterocycles. The van der Waals surface area contributed by atoms with Crippen molar-refractivity contribution in [3.8, 4) is 11.1 Å². The summed E-state index contributed by atoms with van der Waals surface area (Å²) < 4.78 is 2.70. The average Bonchev–Trinajstić information content (AvgIpc) is 3.63. The van der Waals surface area contributed by atoms with Gasteiger partial charge in [0.1, 0.15) is 0 Å². The maximum atomic E-state index is 2.48. The minimum atomic E-state index is -0.271. The molecule has 1 atom stereocenters. The molecule has 230 valence electrons. The highest BCUT2D eigenvalue weighted by atomic mass is 32.1. The number of fused-ring (bicyclic) bond motifs is 8. The summed E-state index contributed by atoms with van der Waals surface area (Å²) in [4.78, 5) is 0. The van der Waals surface area contributed by atoms with Gasteiger partial charge in [-0.1, -0.05) is 145 Å². The first-order chi connectivity index (χ1) is 23.5. The molecule has 0 nitrogen and oxygen atoms in total. The standard InChI is InChI=1S/C47H36S/c1-30-20-22-32(23-21-30)27-34(37-17-11-18-40-38-15-9-10-19-44(38)48-46(37)40)28-33-24-25-41-42(29-33)47(3,35-12-5-4-6-13-35)43-26-31(2)36-14-7-8-16-39(36)45(41)43/h4-26,28-29H,27H2,1-3H3/b34-28-. The Balaban J connectivity index is 1.28. The van der Waals surface area contributed by atoms with E-state index in [0.717, 1.165) is 6.42 Å². The summed E-state index contributed by atoms with van der Waals surface area (Å²) in [6, 6.07) is 54.4. The quantitative estimate of drug-likeness (QED) is 0.166. The minimum absolute atomic E-state index is 0.271. The second-order valence-corrected chi connectivity index (χ2v) is 14.6. The molecule has 0 saturated carbocycles. The van der Waals surface area contributed by atoms with Crippen molar-refractivity contribution in [1.82, 2.24) is 0 Å². The highest BCUT2D eigenvalue weighted by Gasteiger charge is 2.42. The van der Waals surface area contributed by atoms with E-state index in [-0.39, 0.29) is 5.41 Å². The van der Waals surface area contributed by atoms with E-state index in [1.807, 2.05) is 11.3 Å². The Morgan fingerprint density at radius 2 is 1.33 bits per heavy atom. The molecule has 0 aliphatic heterocycles. The lowest BCUT2D eigenvalue weighted by atomic mass is 9.73. The van der Waals surface area contributed by atoms with E-state index in [4.69, 9.17) is 0 Å². The monoisotopic (exact) mass is 632 g/mol. The van der Waals surface area contributed by atoms with E-state index in [2.05, 4.69) is 172 Å². The maximum Gasteiger partial charge on any atom is 0.0436 e. The lowest BCUT2D eigenvalue weighted by Gasteiger charge is -2.29. The molecule has 0 radical (unpaired) electrons. The molecular formula is C47H36S. The Morgan fingerprint density at radius 1 is 0.625 bits per heavy atom. The van der Waals surface area contributed by atoms with Crippen molar-refractivity contribution >= 4 is 53.9 Å². The van der Waals surface area contributed by atoms with Crippen molar-refractivity contribution in [1.29, 1.82) is 0 Å². The molecule has 7 aromatic carbocycles. The summed E-state index contributed by atoms with van der Waals surface area (Å²) in [5.74, 6) is 0. The number of benzene rings is 7. The van der Waals surface area contributed by atoms with Crippen LogP contribution in [-0.4, -0.2) is 0 Å². The van der Waals surface area contributed by atoms with Crippen LogP contribution in [-0.2, 0) is 11.8 Å². The Bertz CT molecular complexity index is 2550. The third-order valence-corrected chi connectivity index (χ3v) is 11.8. The molecule has 1 aliphatic rings. The molecule has 1 heteroatoms. The van der Waals surface area contributed by atoms with Gasteiger partial charge in [-0.15, -0.1) is 11.3 Å². The molecule has 48 heavy (non-hydrogen) atoms. The van der Waals surface area contributed by atoms with E-state index < -0.39 is 0 Å². The third kappa shape index (κ3) is 4.49. The Kier molecular flexibility index (Phi) is 6.74. The average molecular weight is 633 g/mol. The predicted octanol–water partition coefficient (Wildman–Crippen LogP) is 12.9. The summed E-state index contributed by atoms with van der Waals surface area (Å²) in [5, 5.41) is 5.35. The van der Waals surface area contributed by atoms with Gasteiger partial charge in [0.05, 0.1) is 0 Å². The van der Waals surface area contributed by atoms with Gasteiger partial charge in [0, 0.05) is 25.6 Å². The lowest BCUT2D eigenvalue weighted by Crippen LogP contribution is -2.22. The maximum absolute atomic E-state index is 2.48. The molecule has 0 spiro atoms. The topological polar surface area (TPSA) is 0 Å². The SMILES string of the molecule is Cc1ccc(C/C(=C/c2ccc3c(c2)C(C)(c2ccccc2)c2cc(C)c4ccccc4c2-3)c2cccc3c2sc2ccccc23)cc1. The second-order valence-electron chi connectivity index (χ2n) is 13.6. The van der Waals surface area contributed by atoms with Crippen LogP contribution in [0.15, 0.2) is 146 Å². The van der Waals surface area contributed by atoms with Crippen LogP contribution < -0.4 is 0 Å². The van der Waals surface area contributed by atoms with Crippen LogP contribution in [0, 0.1) is 13.8 Å². The molecule has 9 rings (SSSR count). The van der Waals surface area contributed by atoms with Crippen molar-refractivity contribution in [2.75, 3.05) is 0 Å². The number of rotatable bonds is 5. The number of hydrogen-bond acceptors (Lipinski definition) is 1. The molecule has 1 aliphatic carbocycles. The van der Waals surface area contributed by atoms with Gasteiger partial charge < -0.3 is 0 Å². The van der Waals surface area contributed by atoms with Crippen molar-refractivity contribution in [3.63, 3.8) is 0 Å². The molecule has 1 aromatic heterocycles. The van der Waals surface area contributed by atoms with E-state index in [0.29, 0.717) is 0 Å². The zero-order chi connectivity index (χ0) is 32.4. The van der Waals surface area contributed by atoms with Crippen molar-refractivity contribution in [3.05, 3.63) is 190 Å². The van der Waals surface area contributed by atoms with Crippen LogP contribution in [0.4, 0.5) is 0 Å². The van der Waals surface area contributed by atoms with Gasteiger partial charge in [-0.2, -0.15) is 0 Å². The predicted molar refractivity (Wildman–Crippen MR) is 208 cm³/mol. The van der Waals surface area contributed by atoms with Crippen LogP contribution >= 0.6 is 11.3 Å². The summed E-state index contributed by atoms with van der Waals surface area (Å²) in [6.45, 7) is 6.85. The normalized spacial score (nSPS) is 15.7. The molecule has 0 bridgehead atoms. The second kappa shape index (κ2) is 11.2. The zero-order valence-electron chi connectivity index (χ0n) is 27.5. The molecule has 8 aromatic rings. The van der Waals surface area contributed by atoms with Gasteiger partial charge in [0.2, 0.25) is 0 Å². The van der Waals surface area contributed by atoms with E-state index in [9.17, 15) is 0 Å². The first-order valence-corrected chi connectivity index (χ1v) is 17.7. The molecular weight excluding hydrogens is 597 g/mol. The third-order valence-electron chi connectivity index (χ3n) is 10.6. The smallest absolute Gasteiger partial charge is 0.0436 e. The van der Waals surface area contributed by atoms with Gasteiger partial charge >= 0.3 is 0 Å². The lowest BCUT2D eigenvalue weighted by molar-refractivity contribution is 0.713. The van der Waals surface area contributed by atoms with Gasteiger partial charge in [0.25, 0.3) is 0 Å². The first kappa shape index (κ1) is 28.9. The van der Waals surface area contributed by atoms with Crippen LogP contribution in [0.25, 0.3) is 53.7 Å². The highest BCUT2D eigenvalue weighted by molar-refractivity contribution is 7.26. The summed E-state index contributed by atoms with van der Waals surface area (Å²) in [6.07, 6.45) is 3.32. The van der Waals surface area contributed by atoms with E-state index in [1.165, 1.54) is 92.2 Å². The van der Waals surface area contributed by atoms with Crippen LogP contribution in [0.2, 0.25) is 0 Å². The zero-order valence-corrected chi connectivity index (χ0v) is 28.4. The van der Waals surface area contributed by atoms with Gasteiger partial charge in [-0.25, -0.2) is 0 Å². The Labute approximate surface area is 286 Å². The largest absolute Gasteiger partial charge is 0.135 e. The Morgan fingerprint density at radius 3 is 2.15 bits per heavy atom. The molecule has 0 saturated heterocycles. The van der Waals surface area contributed by atoms with Crippen LogP contribution in [0.3, 0.4) is 0 Å². The van der Waals surface area contributed by atoms with E-state index in [1.54, 1.807) is 0 Å². The summed E-state index contributed by atoms with van der Waals surface area (Å²) >= 11 is 1.91. The fraction of sp³-hybridized carbons (Fsp3) is 0.106. The fourth-order valence-electron chi connectivity index (χ4n) is 8.10.